The summed E-state index contributed by atoms with van der Waals surface area (Å²) in [7, 11) is 0. The van der Waals surface area contributed by atoms with Crippen molar-refractivity contribution < 1.29 is 31.7 Å². The molecule has 2 aromatic rings. The zero-order chi connectivity index (χ0) is 19.5. The molecule has 0 aliphatic carbocycles. The molecule has 0 fully saturated rings. The van der Waals surface area contributed by atoms with Crippen LogP contribution in [0.2, 0.25) is 5.02 Å². The smallest absolute Gasteiger partial charge is 0.360 e. The topological polar surface area (TPSA) is 84.2 Å². The van der Waals surface area contributed by atoms with Crippen LogP contribution in [0, 0.1) is 12.7 Å². The van der Waals surface area contributed by atoms with Gasteiger partial charge in [-0.05, 0) is 19.1 Å². The van der Waals surface area contributed by atoms with Crippen molar-refractivity contribution in [3.05, 3.63) is 40.4 Å². The molecule has 2 N–H and O–H groups in total. The molecular weight excluding hydrogens is 382 g/mol. The summed E-state index contributed by atoms with van der Waals surface area (Å²) >= 11 is 5.94. The van der Waals surface area contributed by atoms with Gasteiger partial charge in [0.2, 0.25) is 5.91 Å². The van der Waals surface area contributed by atoms with E-state index in [2.05, 4.69) is 10.5 Å². The molecule has 0 aliphatic heterocycles. The van der Waals surface area contributed by atoms with Gasteiger partial charge in [0.1, 0.15) is 29.4 Å². The predicted octanol–water partition coefficient (Wildman–Crippen LogP) is 2.85. The van der Waals surface area contributed by atoms with Crippen molar-refractivity contribution in [2.75, 3.05) is 13.1 Å². The molecule has 1 aromatic heterocycles. The van der Waals surface area contributed by atoms with Gasteiger partial charge in [-0.2, -0.15) is 13.2 Å². The van der Waals surface area contributed by atoms with Crippen LogP contribution in [-0.2, 0) is 4.79 Å². The Morgan fingerprint density at radius 2 is 1.96 bits per heavy atom. The molecule has 2 amide bonds. The highest BCUT2D eigenvalue weighted by molar-refractivity contribution is 6.33. The van der Waals surface area contributed by atoms with Crippen molar-refractivity contribution in [2.24, 2.45) is 0 Å². The second-order valence-electron chi connectivity index (χ2n) is 5.13. The van der Waals surface area contributed by atoms with E-state index in [1.165, 1.54) is 19.1 Å². The Balaban J connectivity index is 2.16. The zero-order valence-corrected chi connectivity index (χ0v) is 14.0. The maximum atomic E-state index is 14.0. The summed E-state index contributed by atoms with van der Waals surface area (Å²) in [6.07, 6.45) is -4.57. The Morgan fingerprint density at radius 1 is 1.27 bits per heavy atom. The first-order valence-electron chi connectivity index (χ1n) is 7.12. The molecule has 0 saturated carbocycles. The first kappa shape index (κ1) is 19.7. The normalized spacial score (nSPS) is 11.3. The van der Waals surface area contributed by atoms with Crippen LogP contribution in [0.25, 0.3) is 11.3 Å². The number of benzene rings is 1. The Bertz CT molecular complexity index is 816. The highest BCUT2D eigenvalue weighted by atomic mass is 35.5. The Morgan fingerprint density at radius 3 is 2.58 bits per heavy atom. The molecule has 1 heterocycles. The largest absolute Gasteiger partial charge is 0.405 e. The number of aromatic nitrogens is 1. The molecule has 0 unspecified atom stereocenters. The lowest BCUT2D eigenvalue weighted by Gasteiger charge is -2.09. The third-order valence-electron chi connectivity index (χ3n) is 3.18. The van der Waals surface area contributed by atoms with Gasteiger partial charge in [-0.15, -0.1) is 0 Å². The number of alkyl halides is 3. The lowest BCUT2D eigenvalue weighted by molar-refractivity contribution is -0.137. The molecule has 26 heavy (non-hydrogen) atoms. The summed E-state index contributed by atoms with van der Waals surface area (Å²) in [5, 5.41) is 7.33. The quantitative estimate of drug-likeness (QED) is 0.765. The summed E-state index contributed by atoms with van der Waals surface area (Å²) in [6.45, 7) is -0.863. The van der Waals surface area contributed by atoms with Crippen molar-refractivity contribution in [3.8, 4) is 11.3 Å². The van der Waals surface area contributed by atoms with E-state index in [1.807, 2.05) is 0 Å². The Labute approximate surface area is 149 Å². The maximum absolute atomic E-state index is 14.0. The number of rotatable bonds is 5. The molecule has 0 saturated heterocycles. The van der Waals surface area contributed by atoms with Crippen LogP contribution in [0.5, 0.6) is 0 Å². The van der Waals surface area contributed by atoms with E-state index >= 15 is 0 Å². The number of nitrogens with zero attached hydrogens (tertiary/aromatic N) is 1. The van der Waals surface area contributed by atoms with Gasteiger partial charge in [0, 0.05) is 0 Å². The van der Waals surface area contributed by atoms with E-state index in [0.29, 0.717) is 0 Å². The number of carbonyl (C=O) groups is 2. The van der Waals surface area contributed by atoms with Crippen molar-refractivity contribution >= 4 is 23.4 Å². The Kier molecular flexibility index (Phi) is 5.86. The maximum Gasteiger partial charge on any atom is 0.405 e. The fourth-order valence-corrected chi connectivity index (χ4v) is 2.30. The van der Waals surface area contributed by atoms with E-state index in [4.69, 9.17) is 16.1 Å². The van der Waals surface area contributed by atoms with Crippen LogP contribution >= 0.6 is 11.6 Å². The number of aryl methyl sites for hydroxylation is 1. The van der Waals surface area contributed by atoms with Crippen molar-refractivity contribution in [3.63, 3.8) is 0 Å². The van der Waals surface area contributed by atoms with Gasteiger partial charge in [-0.3, -0.25) is 9.59 Å². The number of carbonyl (C=O) groups excluding carboxylic acids is 2. The third kappa shape index (κ3) is 4.72. The number of hydrogen-bond acceptors (Lipinski definition) is 4. The third-order valence-corrected chi connectivity index (χ3v) is 3.50. The summed E-state index contributed by atoms with van der Waals surface area (Å²) in [4.78, 5) is 23.6. The number of hydrogen-bond donors (Lipinski definition) is 2. The zero-order valence-electron chi connectivity index (χ0n) is 13.2. The molecule has 11 heteroatoms. The van der Waals surface area contributed by atoms with Gasteiger partial charge in [-0.1, -0.05) is 22.8 Å². The average Bonchev–Trinajstić information content (AvgIpc) is 2.91. The van der Waals surface area contributed by atoms with Gasteiger partial charge in [0.05, 0.1) is 17.1 Å². The van der Waals surface area contributed by atoms with Crippen LogP contribution in [0.15, 0.2) is 22.7 Å². The molecule has 140 valence electrons. The second-order valence-corrected chi connectivity index (χ2v) is 5.54. The van der Waals surface area contributed by atoms with E-state index < -0.39 is 36.9 Å². The lowest BCUT2D eigenvalue weighted by atomic mass is 10.0. The highest BCUT2D eigenvalue weighted by Gasteiger charge is 2.28. The SMILES string of the molecule is Cc1onc(-c2c(F)cccc2Cl)c1C(=O)NCC(=O)NCC(F)(F)F. The minimum Gasteiger partial charge on any atom is -0.360 e. The molecule has 2 rings (SSSR count). The molecule has 0 bridgehead atoms. The van der Waals surface area contributed by atoms with Gasteiger partial charge in [-0.25, -0.2) is 4.39 Å². The monoisotopic (exact) mass is 393 g/mol. The van der Waals surface area contributed by atoms with Crippen molar-refractivity contribution in [1.29, 1.82) is 0 Å². The molecule has 1 aromatic carbocycles. The summed E-state index contributed by atoms with van der Waals surface area (Å²) in [5.41, 5.74) is -0.530. The van der Waals surface area contributed by atoms with Gasteiger partial charge < -0.3 is 15.2 Å². The van der Waals surface area contributed by atoms with Crippen LogP contribution < -0.4 is 10.6 Å². The standard InChI is InChI=1S/C15H12ClF4N3O3/c1-7-11(14(25)21-5-10(24)22-6-15(18,19)20)13(23-26-7)12-8(16)3-2-4-9(12)17/h2-4H,5-6H2,1H3,(H,21,25)(H,22,24). The minimum absolute atomic E-state index is 0.0183. The second kappa shape index (κ2) is 7.73. The fraction of sp³-hybridized carbons (Fsp3) is 0.267. The first-order chi connectivity index (χ1) is 12.1. The first-order valence-corrected chi connectivity index (χ1v) is 7.50. The molecule has 0 spiro atoms. The minimum atomic E-state index is -4.57. The summed E-state index contributed by atoms with van der Waals surface area (Å²) in [5.74, 6) is -2.65. The number of halogens is 5. The summed E-state index contributed by atoms with van der Waals surface area (Å²) in [6, 6.07) is 3.85. The highest BCUT2D eigenvalue weighted by Crippen LogP contribution is 2.33. The van der Waals surface area contributed by atoms with E-state index in [1.54, 1.807) is 5.32 Å². The molecule has 0 aliphatic rings. The van der Waals surface area contributed by atoms with Crippen molar-refractivity contribution in [2.45, 2.75) is 13.1 Å². The molecule has 6 nitrogen and oxygen atoms in total. The van der Waals surface area contributed by atoms with Crippen LogP contribution in [-0.4, -0.2) is 36.2 Å². The van der Waals surface area contributed by atoms with Crippen LogP contribution in [0.4, 0.5) is 17.6 Å². The van der Waals surface area contributed by atoms with Crippen LogP contribution in [0.3, 0.4) is 0 Å². The average molecular weight is 394 g/mol. The number of amides is 2. The van der Waals surface area contributed by atoms with E-state index in [9.17, 15) is 27.2 Å². The predicted molar refractivity (Wildman–Crippen MR) is 83.0 cm³/mol. The van der Waals surface area contributed by atoms with Gasteiger partial charge in [0.15, 0.2) is 0 Å². The molecule has 0 radical (unpaired) electrons. The molecule has 0 atom stereocenters. The van der Waals surface area contributed by atoms with Crippen molar-refractivity contribution in [1.82, 2.24) is 15.8 Å². The number of nitrogens with one attached hydrogen (secondary N) is 2. The van der Waals surface area contributed by atoms with Gasteiger partial charge >= 0.3 is 6.18 Å². The van der Waals surface area contributed by atoms with Crippen LogP contribution in [0.1, 0.15) is 16.1 Å². The molecular formula is C15H12ClF4N3O3. The van der Waals surface area contributed by atoms with Gasteiger partial charge in [0.25, 0.3) is 5.91 Å². The lowest BCUT2D eigenvalue weighted by Crippen LogP contribution is -2.41. The Hall–Kier alpha value is -2.62. The fourth-order valence-electron chi connectivity index (χ4n) is 2.04. The van der Waals surface area contributed by atoms with E-state index in [-0.39, 0.29) is 27.6 Å². The van der Waals surface area contributed by atoms with E-state index in [0.717, 1.165) is 6.07 Å². The summed E-state index contributed by atoms with van der Waals surface area (Å²) < 4.78 is 55.1.